The maximum atomic E-state index is 12.7. The van der Waals surface area contributed by atoms with Crippen LogP contribution in [0.3, 0.4) is 0 Å². The van der Waals surface area contributed by atoms with Crippen molar-refractivity contribution in [3.8, 4) is 0 Å². The van der Waals surface area contributed by atoms with Crippen molar-refractivity contribution in [2.24, 2.45) is 0 Å². The lowest BCUT2D eigenvalue weighted by molar-refractivity contribution is 0.0695. The first kappa shape index (κ1) is 16.4. The van der Waals surface area contributed by atoms with Gasteiger partial charge in [0.1, 0.15) is 0 Å². The number of sulfonamides is 1. The molecule has 0 spiro atoms. The van der Waals surface area contributed by atoms with E-state index in [9.17, 15) is 18.3 Å². The summed E-state index contributed by atoms with van der Waals surface area (Å²) in [7, 11) is -3.68. The molecule has 2 rings (SSSR count). The van der Waals surface area contributed by atoms with Crippen LogP contribution >= 0.6 is 15.9 Å². The predicted octanol–water partition coefficient (Wildman–Crippen LogP) is 1.44. The zero-order valence-electron chi connectivity index (χ0n) is 11.6. The Labute approximate surface area is 132 Å². The van der Waals surface area contributed by atoms with Crippen molar-refractivity contribution in [3.05, 3.63) is 27.7 Å². The molecule has 0 aliphatic carbocycles. The Kier molecular flexibility index (Phi) is 5.03. The number of carboxylic acid groups (broad SMARTS) is 1. The minimum absolute atomic E-state index is 0.00380. The smallest absolute Gasteiger partial charge is 0.336 e. The van der Waals surface area contributed by atoms with Crippen molar-refractivity contribution in [2.75, 3.05) is 26.2 Å². The fourth-order valence-corrected chi connectivity index (χ4v) is 4.38. The summed E-state index contributed by atoms with van der Waals surface area (Å²) in [5.74, 6) is -1.14. The van der Waals surface area contributed by atoms with Crippen LogP contribution in [0, 0.1) is 6.92 Å². The topological polar surface area (TPSA) is 86.7 Å². The molecule has 2 N–H and O–H groups in total. The SMILES string of the molecule is Cc1c(Br)cc(S(=O)(=O)N2CCCNCC2)cc1C(=O)O. The molecule has 1 aliphatic rings. The Bertz CT molecular complexity index is 652. The Morgan fingerprint density at radius 2 is 2.05 bits per heavy atom. The zero-order chi connectivity index (χ0) is 15.6. The van der Waals surface area contributed by atoms with Gasteiger partial charge in [-0.2, -0.15) is 4.31 Å². The summed E-state index contributed by atoms with van der Waals surface area (Å²) in [6, 6.07) is 2.70. The van der Waals surface area contributed by atoms with Crippen LogP contribution in [-0.2, 0) is 10.0 Å². The predicted molar refractivity (Wildman–Crippen MR) is 82.1 cm³/mol. The second-order valence-corrected chi connectivity index (χ2v) is 7.68. The van der Waals surface area contributed by atoms with Crippen LogP contribution in [-0.4, -0.2) is 50.0 Å². The molecule has 0 unspecified atom stereocenters. The third kappa shape index (κ3) is 3.45. The highest BCUT2D eigenvalue weighted by molar-refractivity contribution is 9.10. The lowest BCUT2D eigenvalue weighted by Gasteiger charge is -2.20. The molecule has 0 aromatic heterocycles. The molecule has 1 saturated heterocycles. The first-order valence-electron chi connectivity index (χ1n) is 6.58. The molecule has 0 amide bonds. The number of nitrogens with zero attached hydrogens (tertiary/aromatic N) is 1. The largest absolute Gasteiger partial charge is 0.478 e. The van der Waals surface area contributed by atoms with Crippen LogP contribution in [0.15, 0.2) is 21.5 Å². The number of carbonyl (C=O) groups is 1. The standard InChI is InChI=1S/C13H17BrN2O4S/c1-9-11(13(17)18)7-10(8-12(9)14)21(19,20)16-5-2-3-15-4-6-16/h7-8,15H,2-6H2,1H3,(H,17,18). The molecule has 1 fully saturated rings. The number of benzene rings is 1. The van der Waals surface area contributed by atoms with E-state index in [-0.39, 0.29) is 10.5 Å². The van der Waals surface area contributed by atoms with Gasteiger partial charge in [0, 0.05) is 24.1 Å². The van der Waals surface area contributed by atoms with Gasteiger partial charge in [0.05, 0.1) is 10.5 Å². The first-order chi connectivity index (χ1) is 9.84. The molecule has 0 radical (unpaired) electrons. The Hall–Kier alpha value is -0.960. The van der Waals surface area contributed by atoms with Crippen molar-refractivity contribution >= 4 is 31.9 Å². The average molecular weight is 377 g/mol. The molecular formula is C13H17BrN2O4S. The summed E-state index contributed by atoms with van der Waals surface area (Å²) in [5.41, 5.74) is 0.509. The van der Waals surface area contributed by atoms with Gasteiger partial charge < -0.3 is 10.4 Å². The van der Waals surface area contributed by atoms with Crippen molar-refractivity contribution in [2.45, 2.75) is 18.2 Å². The van der Waals surface area contributed by atoms with Gasteiger partial charge in [0.2, 0.25) is 10.0 Å². The molecule has 0 saturated carbocycles. The van der Waals surface area contributed by atoms with Crippen LogP contribution < -0.4 is 5.32 Å². The highest BCUT2D eigenvalue weighted by Gasteiger charge is 2.27. The number of rotatable bonds is 3. The van der Waals surface area contributed by atoms with E-state index in [2.05, 4.69) is 21.2 Å². The van der Waals surface area contributed by atoms with Crippen molar-refractivity contribution in [3.63, 3.8) is 0 Å². The molecular weight excluding hydrogens is 360 g/mol. The van der Waals surface area contributed by atoms with Crippen LogP contribution in [0.4, 0.5) is 0 Å². The molecule has 1 aliphatic heterocycles. The van der Waals surface area contributed by atoms with Crippen molar-refractivity contribution in [1.82, 2.24) is 9.62 Å². The van der Waals surface area contributed by atoms with E-state index in [0.29, 0.717) is 29.7 Å². The van der Waals surface area contributed by atoms with Gasteiger partial charge in [0.15, 0.2) is 0 Å². The third-order valence-electron chi connectivity index (χ3n) is 3.49. The van der Waals surface area contributed by atoms with Crippen molar-refractivity contribution < 1.29 is 18.3 Å². The van der Waals surface area contributed by atoms with E-state index in [1.165, 1.54) is 16.4 Å². The molecule has 116 valence electrons. The van der Waals surface area contributed by atoms with Crippen LogP contribution in [0.1, 0.15) is 22.3 Å². The van der Waals surface area contributed by atoms with Crippen molar-refractivity contribution in [1.29, 1.82) is 0 Å². The maximum absolute atomic E-state index is 12.7. The highest BCUT2D eigenvalue weighted by Crippen LogP contribution is 2.27. The molecule has 1 aromatic carbocycles. The molecule has 8 heteroatoms. The Morgan fingerprint density at radius 1 is 1.33 bits per heavy atom. The molecule has 1 aromatic rings. The first-order valence-corrected chi connectivity index (χ1v) is 8.81. The monoisotopic (exact) mass is 376 g/mol. The Balaban J connectivity index is 2.46. The summed E-state index contributed by atoms with van der Waals surface area (Å²) in [4.78, 5) is 11.3. The summed E-state index contributed by atoms with van der Waals surface area (Å²) < 4.78 is 27.2. The second kappa shape index (κ2) is 6.43. The summed E-state index contributed by atoms with van der Waals surface area (Å²) in [6.07, 6.45) is 0.734. The molecule has 1 heterocycles. The van der Waals surface area contributed by atoms with Gasteiger partial charge in [-0.05, 0) is 37.6 Å². The normalized spacial score (nSPS) is 17.4. The lowest BCUT2D eigenvalue weighted by Crippen LogP contribution is -2.34. The molecule has 0 bridgehead atoms. The number of nitrogens with one attached hydrogen (secondary N) is 1. The van der Waals surface area contributed by atoms with Gasteiger partial charge in [0.25, 0.3) is 0 Å². The second-order valence-electron chi connectivity index (χ2n) is 4.89. The zero-order valence-corrected chi connectivity index (χ0v) is 14.0. The van der Waals surface area contributed by atoms with Crippen LogP contribution in [0.2, 0.25) is 0 Å². The number of aromatic carboxylic acids is 1. The average Bonchev–Trinajstić information content (AvgIpc) is 2.70. The van der Waals surface area contributed by atoms with Crippen LogP contribution in [0.5, 0.6) is 0 Å². The van der Waals surface area contributed by atoms with Gasteiger partial charge in [-0.3, -0.25) is 0 Å². The number of hydrogen-bond donors (Lipinski definition) is 2. The van der Waals surface area contributed by atoms with E-state index in [4.69, 9.17) is 0 Å². The highest BCUT2D eigenvalue weighted by atomic mass is 79.9. The quantitative estimate of drug-likeness (QED) is 0.833. The molecule has 6 nitrogen and oxygen atoms in total. The van der Waals surface area contributed by atoms with Crippen LogP contribution in [0.25, 0.3) is 0 Å². The van der Waals surface area contributed by atoms with E-state index in [0.717, 1.165) is 13.0 Å². The third-order valence-corrected chi connectivity index (χ3v) is 6.19. The van der Waals surface area contributed by atoms with Gasteiger partial charge in [-0.15, -0.1) is 0 Å². The molecule has 0 atom stereocenters. The summed E-state index contributed by atoms with van der Waals surface area (Å²) in [6.45, 7) is 3.83. The van der Waals surface area contributed by atoms with E-state index < -0.39 is 16.0 Å². The minimum Gasteiger partial charge on any atom is -0.478 e. The minimum atomic E-state index is -3.68. The number of hydrogen-bond acceptors (Lipinski definition) is 4. The van der Waals surface area contributed by atoms with E-state index in [1.54, 1.807) is 6.92 Å². The van der Waals surface area contributed by atoms with Gasteiger partial charge in [-0.25, -0.2) is 13.2 Å². The summed E-state index contributed by atoms with van der Waals surface area (Å²) in [5, 5.41) is 12.3. The lowest BCUT2D eigenvalue weighted by atomic mass is 10.1. The maximum Gasteiger partial charge on any atom is 0.336 e. The van der Waals surface area contributed by atoms with E-state index in [1.807, 2.05) is 0 Å². The fourth-order valence-electron chi connectivity index (χ4n) is 2.24. The number of carboxylic acids is 1. The molecule has 21 heavy (non-hydrogen) atoms. The van der Waals surface area contributed by atoms with Gasteiger partial charge in [-0.1, -0.05) is 15.9 Å². The fraction of sp³-hybridized carbons (Fsp3) is 0.462. The summed E-state index contributed by atoms with van der Waals surface area (Å²) >= 11 is 3.24. The number of halogens is 1. The Morgan fingerprint density at radius 3 is 2.71 bits per heavy atom. The van der Waals surface area contributed by atoms with E-state index >= 15 is 0 Å². The van der Waals surface area contributed by atoms with Gasteiger partial charge >= 0.3 is 5.97 Å².